The molecule has 0 aromatic carbocycles. The van der Waals surface area contributed by atoms with Crippen LogP contribution in [0.5, 0.6) is 0 Å². The van der Waals surface area contributed by atoms with Gasteiger partial charge in [-0.25, -0.2) is 4.79 Å². The Morgan fingerprint density at radius 3 is 2.16 bits per heavy atom. The normalized spacial score (nSPS) is 49.0. The molecule has 0 spiro atoms. The van der Waals surface area contributed by atoms with Crippen molar-refractivity contribution in [3.63, 3.8) is 0 Å². The number of aliphatic hydroxyl groups is 4. The highest BCUT2D eigenvalue weighted by atomic mass is 16.5. The Bertz CT molecular complexity index is 1270. The topological polar surface area (TPSA) is 134 Å². The summed E-state index contributed by atoms with van der Waals surface area (Å²) in [7, 11) is 0. The smallest absolute Gasteiger partial charge is 0.333 e. The highest BCUT2D eigenvalue weighted by Gasteiger charge is 2.72. The molecule has 8 nitrogen and oxygen atoms in total. The average Bonchev–Trinajstić information content (AvgIpc) is 2.96. The zero-order valence-electron chi connectivity index (χ0n) is 29.0. The van der Waals surface area contributed by atoms with E-state index in [1.54, 1.807) is 13.0 Å². The van der Waals surface area contributed by atoms with Gasteiger partial charge in [-0.05, 0) is 98.2 Å². The van der Waals surface area contributed by atoms with Crippen LogP contribution in [0.25, 0.3) is 0 Å². The van der Waals surface area contributed by atoms with Crippen LogP contribution >= 0.6 is 0 Å². The molecule has 5 rings (SSSR count). The van der Waals surface area contributed by atoms with Crippen molar-refractivity contribution >= 4 is 11.9 Å². The molecule has 5 aliphatic carbocycles. The number of ether oxygens (including phenoxy) is 2. The van der Waals surface area contributed by atoms with E-state index in [1.807, 2.05) is 20.8 Å². The second-order valence-corrected chi connectivity index (χ2v) is 17.2. The minimum atomic E-state index is -1.25. The van der Waals surface area contributed by atoms with Crippen molar-refractivity contribution in [3.05, 3.63) is 23.3 Å². The highest BCUT2D eigenvalue weighted by Crippen LogP contribution is 2.75. The van der Waals surface area contributed by atoms with Gasteiger partial charge in [-0.15, -0.1) is 0 Å². The van der Waals surface area contributed by atoms with Gasteiger partial charge >= 0.3 is 11.9 Å². The van der Waals surface area contributed by atoms with Gasteiger partial charge in [-0.3, -0.25) is 4.79 Å². The Labute approximate surface area is 269 Å². The molecule has 0 aromatic heterocycles. The quantitative estimate of drug-likeness (QED) is 0.187. The Morgan fingerprint density at radius 2 is 1.53 bits per heavy atom. The van der Waals surface area contributed by atoms with Gasteiger partial charge in [0.25, 0.3) is 0 Å². The summed E-state index contributed by atoms with van der Waals surface area (Å²) in [6, 6.07) is 0. The molecule has 4 fully saturated rings. The number of allylic oxidation sites excluding steroid dienone is 3. The number of esters is 2. The van der Waals surface area contributed by atoms with Crippen LogP contribution in [0.3, 0.4) is 0 Å². The molecule has 254 valence electrons. The average molecular weight is 631 g/mol. The lowest BCUT2D eigenvalue weighted by Crippen LogP contribution is -2.72. The van der Waals surface area contributed by atoms with E-state index in [0.29, 0.717) is 24.8 Å². The van der Waals surface area contributed by atoms with Crippen molar-refractivity contribution in [1.82, 2.24) is 0 Å². The Morgan fingerprint density at radius 1 is 0.867 bits per heavy atom. The fourth-order valence-corrected chi connectivity index (χ4v) is 11.6. The molecule has 0 amide bonds. The molecule has 0 aromatic rings. The zero-order chi connectivity index (χ0) is 33.5. The van der Waals surface area contributed by atoms with Gasteiger partial charge in [0.1, 0.15) is 6.61 Å². The Hall–Kier alpha value is -1.74. The summed E-state index contributed by atoms with van der Waals surface area (Å²) in [6.45, 7) is 18.0. The Balaban J connectivity index is 1.56. The molecule has 0 heterocycles. The molecule has 4 N–H and O–H groups in total. The van der Waals surface area contributed by atoms with Crippen molar-refractivity contribution in [2.45, 2.75) is 132 Å². The second kappa shape index (κ2) is 11.2. The van der Waals surface area contributed by atoms with Gasteiger partial charge in [0.05, 0.1) is 36.4 Å². The maximum Gasteiger partial charge on any atom is 0.333 e. The minimum Gasteiger partial charge on any atom is -0.465 e. The van der Waals surface area contributed by atoms with Gasteiger partial charge < -0.3 is 29.9 Å². The number of aliphatic hydroxyl groups excluding tert-OH is 4. The minimum absolute atomic E-state index is 0.132. The molecular formula is C37H58O8. The van der Waals surface area contributed by atoms with E-state index in [1.165, 1.54) is 12.5 Å². The molecule has 45 heavy (non-hydrogen) atoms. The monoisotopic (exact) mass is 630 g/mol. The summed E-state index contributed by atoms with van der Waals surface area (Å²) in [4.78, 5) is 24.7. The van der Waals surface area contributed by atoms with E-state index in [-0.39, 0.29) is 47.8 Å². The molecular weight excluding hydrogens is 572 g/mol. The summed E-state index contributed by atoms with van der Waals surface area (Å²) in [5.41, 5.74) is -1.32. The summed E-state index contributed by atoms with van der Waals surface area (Å²) < 4.78 is 11.4. The number of fused-ring (bicyclic) bond motifs is 7. The van der Waals surface area contributed by atoms with Crippen molar-refractivity contribution in [2.75, 3.05) is 13.2 Å². The van der Waals surface area contributed by atoms with Crippen molar-refractivity contribution in [2.24, 2.45) is 50.2 Å². The standard InChI is InChI=1S/C37H58O8/c1-10-21(2)31(43)45-19-34(7)25-13-16-35(8)26(33(25,6)15-14-27(34)39)12-11-23-24-17-32(4,5)29(41)30(42)37(24,20-44-22(3)38)28(40)18-36(23,35)9/h10-11,24-30,39-42H,12-20H2,1-9H3/b21-10+/t24?,25?,26?,27-,28+,29-,30-,33-,34+,35+,36+,37-/m0/s1. The fraction of sp³-hybridized carbons (Fsp3) is 0.838. The number of carbonyl (C=O) groups is 2. The molecule has 0 aliphatic heterocycles. The zero-order valence-corrected chi connectivity index (χ0v) is 29.0. The lowest BCUT2D eigenvalue weighted by molar-refractivity contribution is -0.261. The molecule has 12 atom stereocenters. The van der Waals surface area contributed by atoms with E-state index in [4.69, 9.17) is 9.47 Å². The summed E-state index contributed by atoms with van der Waals surface area (Å²) in [5, 5.41) is 46.6. The molecule has 8 heteroatoms. The molecule has 0 bridgehead atoms. The first-order chi connectivity index (χ1) is 20.8. The first-order valence-corrected chi connectivity index (χ1v) is 17.1. The maximum atomic E-state index is 12.7. The van der Waals surface area contributed by atoms with Gasteiger partial charge in [0, 0.05) is 17.9 Å². The van der Waals surface area contributed by atoms with E-state index in [2.05, 4.69) is 33.8 Å². The summed E-state index contributed by atoms with van der Waals surface area (Å²) >= 11 is 0. The predicted octanol–water partition coefficient (Wildman–Crippen LogP) is 5.11. The molecule has 0 radical (unpaired) electrons. The van der Waals surface area contributed by atoms with E-state index >= 15 is 0 Å². The maximum absolute atomic E-state index is 12.7. The van der Waals surface area contributed by atoms with Gasteiger partial charge in [0.15, 0.2) is 0 Å². The second-order valence-electron chi connectivity index (χ2n) is 17.2. The van der Waals surface area contributed by atoms with Crippen LogP contribution in [0.1, 0.15) is 107 Å². The summed E-state index contributed by atoms with van der Waals surface area (Å²) in [5.74, 6) is -0.674. The number of hydrogen-bond acceptors (Lipinski definition) is 8. The molecule has 4 saturated carbocycles. The fourth-order valence-electron chi connectivity index (χ4n) is 11.6. The van der Waals surface area contributed by atoms with E-state index in [0.717, 1.165) is 25.7 Å². The van der Waals surface area contributed by atoms with Crippen molar-refractivity contribution in [3.8, 4) is 0 Å². The predicted molar refractivity (Wildman–Crippen MR) is 171 cm³/mol. The third-order valence-corrected chi connectivity index (χ3v) is 14.7. The van der Waals surface area contributed by atoms with Gasteiger partial charge in [-0.1, -0.05) is 59.3 Å². The molecule has 0 saturated heterocycles. The van der Waals surface area contributed by atoms with Crippen LogP contribution in [0.2, 0.25) is 0 Å². The van der Waals surface area contributed by atoms with Crippen LogP contribution in [0.4, 0.5) is 0 Å². The summed E-state index contributed by atoms with van der Waals surface area (Å²) in [6.07, 6.45) is 5.28. The first kappa shape index (κ1) is 34.6. The molecule has 3 unspecified atom stereocenters. The van der Waals surface area contributed by atoms with Gasteiger partial charge in [0.2, 0.25) is 0 Å². The highest BCUT2D eigenvalue weighted by molar-refractivity contribution is 5.87. The number of carbonyl (C=O) groups excluding carboxylic acids is 2. The van der Waals surface area contributed by atoms with E-state index in [9.17, 15) is 30.0 Å². The third kappa shape index (κ3) is 4.74. The Kier molecular flexibility index (Phi) is 8.58. The molecule has 5 aliphatic rings. The van der Waals surface area contributed by atoms with Crippen LogP contribution in [0.15, 0.2) is 23.3 Å². The van der Waals surface area contributed by atoms with Crippen LogP contribution in [-0.2, 0) is 19.1 Å². The van der Waals surface area contributed by atoms with E-state index < -0.39 is 52.0 Å². The lowest BCUT2D eigenvalue weighted by Gasteiger charge is -2.72. The van der Waals surface area contributed by atoms with Gasteiger partial charge in [-0.2, -0.15) is 0 Å². The van der Waals surface area contributed by atoms with Crippen molar-refractivity contribution in [1.29, 1.82) is 0 Å². The SMILES string of the molecule is C/C=C(\C)C(=O)OC[C@]1(C)C2CC[C@]3(C)C(CC=C4C5CC(C)(C)[C@@H](O)[C@H](O)[C@]5(COC(C)=O)[C@H](O)C[C@]43C)[C@@]2(C)CC[C@@H]1O. The number of rotatable bonds is 5. The van der Waals surface area contributed by atoms with Crippen molar-refractivity contribution < 1.29 is 39.5 Å². The number of hydrogen-bond donors (Lipinski definition) is 4. The first-order valence-electron chi connectivity index (χ1n) is 17.1. The van der Waals surface area contributed by atoms with Crippen LogP contribution < -0.4 is 0 Å². The van der Waals surface area contributed by atoms with Crippen LogP contribution in [0, 0.1) is 50.2 Å². The third-order valence-electron chi connectivity index (χ3n) is 14.7. The largest absolute Gasteiger partial charge is 0.465 e. The lowest BCUT2D eigenvalue weighted by atomic mass is 9.33. The van der Waals surface area contributed by atoms with Crippen LogP contribution in [-0.4, -0.2) is 70.0 Å².